The predicted molar refractivity (Wildman–Crippen MR) is 116 cm³/mol. The normalized spacial score (nSPS) is 13.2. The number of ketones is 2. The summed E-state index contributed by atoms with van der Waals surface area (Å²) in [4.78, 5) is 41.9. The van der Waals surface area contributed by atoms with Gasteiger partial charge in [0, 0.05) is 28.3 Å². The molecule has 32 heavy (non-hydrogen) atoms. The van der Waals surface area contributed by atoms with E-state index < -0.39 is 28.1 Å². The summed E-state index contributed by atoms with van der Waals surface area (Å²) in [6.45, 7) is 0. The van der Waals surface area contributed by atoms with E-state index >= 15 is 0 Å². The molecule has 1 aliphatic carbocycles. The number of benzene rings is 3. The summed E-state index contributed by atoms with van der Waals surface area (Å²) < 4.78 is 0. The summed E-state index contributed by atoms with van der Waals surface area (Å²) in [5.41, 5.74) is -0.173. The molecule has 4 aromatic rings. The second-order valence-corrected chi connectivity index (χ2v) is 7.41. The van der Waals surface area contributed by atoms with Crippen molar-refractivity contribution in [3.8, 4) is 6.07 Å². The predicted octanol–water partition coefficient (Wildman–Crippen LogP) is 4.57. The number of carbonyl (C=O) groups excluding carboxylic acids is 2. The number of rotatable bonds is 3. The first-order chi connectivity index (χ1) is 15.5. The number of pyridine rings is 1. The molecule has 1 aromatic heterocycles. The quantitative estimate of drug-likeness (QED) is 0.312. The van der Waals surface area contributed by atoms with Crippen LogP contribution in [0.4, 0.5) is 5.69 Å². The summed E-state index contributed by atoms with van der Waals surface area (Å²) in [7, 11) is 0. The van der Waals surface area contributed by atoms with Gasteiger partial charge in [0.1, 0.15) is 11.5 Å². The van der Waals surface area contributed by atoms with E-state index in [0.29, 0.717) is 5.69 Å². The summed E-state index contributed by atoms with van der Waals surface area (Å²) in [5.74, 6) is -2.15. The highest BCUT2D eigenvalue weighted by atomic mass is 16.6. The van der Waals surface area contributed by atoms with E-state index in [4.69, 9.17) is 0 Å². The molecule has 3 aromatic carbocycles. The van der Waals surface area contributed by atoms with Crippen LogP contribution in [0.15, 0.2) is 72.9 Å². The Balaban J connectivity index is 1.74. The first kappa shape index (κ1) is 19.3. The summed E-state index contributed by atoms with van der Waals surface area (Å²) >= 11 is 0. The lowest BCUT2D eigenvalue weighted by Crippen LogP contribution is -2.23. The van der Waals surface area contributed by atoms with E-state index in [-0.39, 0.29) is 27.8 Å². The number of nitro benzene ring substituents is 1. The van der Waals surface area contributed by atoms with Crippen molar-refractivity contribution >= 4 is 28.0 Å². The zero-order valence-electron chi connectivity index (χ0n) is 16.5. The van der Waals surface area contributed by atoms with Crippen LogP contribution in [0.25, 0.3) is 10.8 Å². The molecule has 0 spiro atoms. The van der Waals surface area contributed by atoms with Crippen molar-refractivity contribution in [3.63, 3.8) is 0 Å². The van der Waals surface area contributed by atoms with E-state index in [9.17, 15) is 25.0 Å². The zero-order chi connectivity index (χ0) is 22.4. The Morgan fingerprint density at radius 1 is 0.875 bits per heavy atom. The molecule has 0 aliphatic heterocycles. The van der Waals surface area contributed by atoms with Gasteiger partial charge < -0.3 is 0 Å². The van der Waals surface area contributed by atoms with Crippen molar-refractivity contribution in [2.75, 3.05) is 0 Å². The fourth-order valence-electron chi connectivity index (χ4n) is 4.17. The molecule has 0 bridgehead atoms. The molecule has 1 heterocycles. The third-order valence-corrected chi connectivity index (χ3v) is 5.67. The highest BCUT2D eigenvalue weighted by Crippen LogP contribution is 2.39. The molecule has 0 amide bonds. The van der Waals surface area contributed by atoms with Crippen LogP contribution >= 0.6 is 0 Å². The fraction of sp³-hybridized carbons (Fsp3) is 0.0400. The first-order valence-electron chi connectivity index (χ1n) is 9.75. The average Bonchev–Trinajstić information content (AvgIpc) is 2.82. The molecule has 0 radical (unpaired) electrons. The smallest absolute Gasteiger partial charge is 0.286 e. The first-order valence-corrected chi connectivity index (χ1v) is 9.75. The topological polar surface area (TPSA) is 114 Å². The van der Waals surface area contributed by atoms with Gasteiger partial charge in [0.2, 0.25) is 5.78 Å². The molecule has 0 fully saturated rings. The zero-order valence-corrected chi connectivity index (χ0v) is 16.5. The van der Waals surface area contributed by atoms with Crippen LogP contribution < -0.4 is 0 Å². The molecular weight excluding hydrogens is 406 g/mol. The number of hydrogen-bond acceptors (Lipinski definition) is 6. The molecule has 152 valence electrons. The lowest BCUT2D eigenvalue weighted by Gasteiger charge is -2.19. The monoisotopic (exact) mass is 419 g/mol. The molecule has 1 atom stereocenters. The Hall–Kier alpha value is -4.70. The third kappa shape index (κ3) is 2.78. The Labute approximate surface area is 181 Å². The molecule has 5 rings (SSSR count). The van der Waals surface area contributed by atoms with E-state index in [1.54, 1.807) is 24.4 Å². The Morgan fingerprint density at radius 3 is 2.22 bits per heavy atom. The second kappa shape index (κ2) is 7.22. The minimum atomic E-state index is -1.09. The summed E-state index contributed by atoms with van der Waals surface area (Å²) in [5, 5.41) is 23.8. The van der Waals surface area contributed by atoms with Crippen LogP contribution in [0.2, 0.25) is 0 Å². The molecule has 0 N–H and O–H groups in total. The van der Waals surface area contributed by atoms with Gasteiger partial charge in [-0.1, -0.05) is 48.5 Å². The van der Waals surface area contributed by atoms with Gasteiger partial charge in [0.15, 0.2) is 5.78 Å². The Morgan fingerprint density at radius 2 is 1.53 bits per heavy atom. The highest BCUT2D eigenvalue weighted by molar-refractivity contribution is 6.29. The molecule has 1 aliphatic rings. The van der Waals surface area contributed by atoms with Crippen LogP contribution in [0.3, 0.4) is 0 Å². The Kier molecular flexibility index (Phi) is 4.35. The molecular formula is C25H13N3O4. The molecule has 1 unspecified atom stereocenters. The number of hydrogen-bond donors (Lipinski definition) is 0. The van der Waals surface area contributed by atoms with Gasteiger partial charge in [0.25, 0.3) is 5.69 Å². The number of aromatic nitrogens is 1. The maximum Gasteiger partial charge on any atom is 0.286 e. The summed E-state index contributed by atoms with van der Waals surface area (Å²) in [6.07, 6.45) is 1.60. The second-order valence-electron chi connectivity index (χ2n) is 7.41. The molecule has 7 nitrogen and oxygen atoms in total. The Bertz CT molecular complexity index is 1520. The third-order valence-electron chi connectivity index (χ3n) is 5.67. The van der Waals surface area contributed by atoms with E-state index in [1.807, 2.05) is 24.3 Å². The van der Waals surface area contributed by atoms with Gasteiger partial charge in [-0.2, -0.15) is 5.26 Å². The standard InChI is InChI=1S/C25H13N3O4/c26-12-20(21-11-14-5-1-2-6-15(14)13-27-21)16-9-10-19-22(23(16)28(31)32)25(30)18-8-4-3-7-17(18)24(19)29/h1-11,13,20H. The average molecular weight is 419 g/mol. The van der Waals surface area contributed by atoms with E-state index in [1.165, 1.54) is 24.3 Å². The lowest BCUT2D eigenvalue weighted by molar-refractivity contribution is -0.385. The van der Waals surface area contributed by atoms with Crippen molar-refractivity contribution < 1.29 is 14.5 Å². The van der Waals surface area contributed by atoms with Crippen LogP contribution in [0.1, 0.15) is 49.0 Å². The number of nitriles is 1. The molecule has 0 saturated carbocycles. The highest BCUT2D eigenvalue weighted by Gasteiger charge is 2.39. The van der Waals surface area contributed by atoms with Crippen molar-refractivity contribution in [2.45, 2.75) is 5.92 Å². The van der Waals surface area contributed by atoms with Crippen LogP contribution in [0.5, 0.6) is 0 Å². The maximum absolute atomic E-state index is 13.2. The van der Waals surface area contributed by atoms with Crippen LogP contribution in [-0.4, -0.2) is 21.5 Å². The fourth-order valence-corrected chi connectivity index (χ4v) is 4.17. The van der Waals surface area contributed by atoms with Gasteiger partial charge in [0.05, 0.1) is 22.2 Å². The van der Waals surface area contributed by atoms with Crippen molar-refractivity contribution in [1.82, 2.24) is 4.98 Å². The minimum absolute atomic E-state index is 0.0274. The number of carbonyl (C=O) groups is 2. The van der Waals surface area contributed by atoms with Gasteiger partial charge in [-0.3, -0.25) is 24.7 Å². The minimum Gasteiger partial charge on any atom is -0.289 e. The lowest BCUT2D eigenvalue weighted by atomic mass is 9.80. The largest absolute Gasteiger partial charge is 0.289 e. The number of nitrogens with zero attached hydrogens (tertiary/aromatic N) is 3. The van der Waals surface area contributed by atoms with Gasteiger partial charge in [-0.05, 0) is 23.6 Å². The SMILES string of the molecule is N#CC(c1cc2ccccc2cn1)c1ccc2c(c1[N+](=O)[O-])C(=O)c1ccccc1C2=O. The van der Waals surface area contributed by atoms with Crippen LogP contribution in [0, 0.1) is 21.4 Å². The van der Waals surface area contributed by atoms with Crippen molar-refractivity contribution in [3.05, 3.63) is 117 Å². The molecule has 0 saturated heterocycles. The number of fused-ring (bicyclic) bond motifs is 3. The van der Waals surface area contributed by atoms with Gasteiger partial charge in [-0.15, -0.1) is 0 Å². The van der Waals surface area contributed by atoms with Crippen molar-refractivity contribution in [1.29, 1.82) is 5.26 Å². The van der Waals surface area contributed by atoms with Crippen molar-refractivity contribution in [2.24, 2.45) is 0 Å². The van der Waals surface area contributed by atoms with Crippen LogP contribution in [-0.2, 0) is 0 Å². The van der Waals surface area contributed by atoms with E-state index in [0.717, 1.165) is 10.8 Å². The molecule has 7 heteroatoms. The van der Waals surface area contributed by atoms with E-state index in [2.05, 4.69) is 11.1 Å². The maximum atomic E-state index is 13.2. The number of nitro groups is 1. The van der Waals surface area contributed by atoms with Gasteiger partial charge >= 0.3 is 0 Å². The van der Waals surface area contributed by atoms with Gasteiger partial charge in [-0.25, -0.2) is 0 Å². The summed E-state index contributed by atoms with van der Waals surface area (Å²) in [6, 6.07) is 20.2.